The Labute approximate surface area is 86.4 Å². The molecular weight excluding hydrogens is 208 g/mol. The quantitative estimate of drug-likeness (QED) is 0.748. The summed E-state index contributed by atoms with van der Waals surface area (Å²) in [6, 6.07) is 0. The minimum absolute atomic E-state index is 0.434. The van der Waals surface area contributed by atoms with Crippen LogP contribution in [0.2, 0.25) is 0 Å². The van der Waals surface area contributed by atoms with Crippen LogP contribution in [0.15, 0.2) is 21.7 Å². The van der Waals surface area contributed by atoms with E-state index < -0.39 is 5.91 Å². The third-order valence-corrected chi connectivity index (χ3v) is 2.68. The summed E-state index contributed by atoms with van der Waals surface area (Å²) in [6.45, 7) is 2.49. The molecule has 0 aliphatic carbocycles. The number of rotatable bonds is 3. The number of carbonyl (C=O) groups excluding carboxylic acids is 1. The minimum Gasteiger partial charge on any atom is -0.375 e. The molecule has 0 bridgehead atoms. The van der Waals surface area contributed by atoms with Gasteiger partial charge in [-0.15, -0.1) is 11.8 Å². The van der Waals surface area contributed by atoms with E-state index in [-0.39, 0.29) is 0 Å². The van der Waals surface area contributed by atoms with Crippen LogP contribution in [0.25, 0.3) is 0 Å². The van der Waals surface area contributed by atoms with Gasteiger partial charge in [0.15, 0.2) is 0 Å². The average Bonchev–Trinajstić information content (AvgIpc) is 2.04. The fourth-order valence-electron chi connectivity index (χ4n) is 1.00. The van der Waals surface area contributed by atoms with Crippen LogP contribution in [0, 0.1) is 0 Å². The van der Waals surface area contributed by atoms with Gasteiger partial charge in [-0.3, -0.25) is 4.79 Å². The van der Waals surface area contributed by atoms with Gasteiger partial charge in [0.1, 0.15) is 5.70 Å². The monoisotopic (exact) mass is 218 g/mol. The second-order valence-corrected chi connectivity index (χ2v) is 4.27. The van der Waals surface area contributed by atoms with Crippen LogP contribution in [-0.4, -0.2) is 18.2 Å². The Bertz CT molecular complexity index is 286. The van der Waals surface area contributed by atoms with Crippen LogP contribution in [0.5, 0.6) is 0 Å². The van der Waals surface area contributed by atoms with Gasteiger partial charge in [-0.2, -0.15) is 0 Å². The van der Waals surface area contributed by atoms with Gasteiger partial charge in [-0.1, -0.05) is 18.5 Å². The lowest BCUT2D eigenvalue weighted by molar-refractivity contribution is -0.114. The van der Waals surface area contributed by atoms with Gasteiger partial charge in [-0.25, -0.2) is 0 Å². The van der Waals surface area contributed by atoms with Crippen molar-refractivity contribution in [3.8, 4) is 0 Å². The molecule has 5 heteroatoms. The van der Waals surface area contributed by atoms with Crippen LogP contribution in [0.4, 0.5) is 0 Å². The number of allylic oxidation sites excluding steroid dienone is 1. The number of dihydropyridines is 1. The fraction of sp³-hybridized carbons (Fsp3) is 0.375. The molecule has 1 aliphatic rings. The van der Waals surface area contributed by atoms with Crippen molar-refractivity contribution in [3.63, 3.8) is 0 Å². The summed E-state index contributed by atoms with van der Waals surface area (Å²) >= 11 is 7.36. The normalized spacial score (nSPS) is 16.6. The molecule has 72 valence electrons. The van der Waals surface area contributed by atoms with E-state index in [4.69, 9.17) is 17.3 Å². The number of hydrogen-bond donors (Lipinski definition) is 2. The van der Waals surface area contributed by atoms with E-state index >= 15 is 0 Å². The van der Waals surface area contributed by atoms with Crippen molar-refractivity contribution >= 4 is 29.3 Å². The average molecular weight is 219 g/mol. The molecule has 13 heavy (non-hydrogen) atoms. The van der Waals surface area contributed by atoms with Gasteiger partial charge in [0.25, 0.3) is 5.91 Å². The molecule has 3 nitrogen and oxygen atoms in total. The first-order chi connectivity index (χ1) is 6.15. The van der Waals surface area contributed by atoms with Crippen LogP contribution >= 0.6 is 23.4 Å². The molecule has 0 aromatic carbocycles. The third-order valence-electron chi connectivity index (χ3n) is 1.51. The van der Waals surface area contributed by atoms with Gasteiger partial charge in [0.2, 0.25) is 0 Å². The number of amides is 1. The van der Waals surface area contributed by atoms with Crippen LogP contribution < -0.4 is 11.1 Å². The molecular formula is C8H11ClN2OS. The van der Waals surface area contributed by atoms with E-state index in [0.717, 1.165) is 10.7 Å². The van der Waals surface area contributed by atoms with E-state index in [1.165, 1.54) is 0 Å². The van der Waals surface area contributed by atoms with Crippen LogP contribution in [0.1, 0.15) is 6.92 Å². The number of thioether (sulfide) groups is 1. The number of primary amides is 1. The Morgan fingerprint density at radius 1 is 1.85 bits per heavy atom. The smallest absolute Gasteiger partial charge is 0.265 e. The van der Waals surface area contributed by atoms with Crippen LogP contribution in [-0.2, 0) is 4.79 Å². The summed E-state index contributed by atoms with van der Waals surface area (Å²) in [4.78, 5) is 11.8. The van der Waals surface area contributed by atoms with Crippen molar-refractivity contribution in [1.29, 1.82) is 0 Å². The van der Waals surface area contributed by atoms with E-state index in [2.05, 4.69) is 5.32 Å². The van der Waals surface area contributed by atoms with Crippen molar-refractivity contribution in [1.82, 2.24) is 5.32 Å². The molecule has 0 aromatic heterocycles. The molecule has 0 saturated heterocycles. The Kier molecular flexibility index (Phi) is 3.69. The number of hydrogen-bond acceptors (Lipinski definition) is 3. The largest absolute Gasteiger partial charge is 0.375 e. The second-order valence-electron chi connectivity index (χ2n) is 2.48. The SMILES string of the molecule is CCSC1=C(C(N)=O)NCC(Cl)=C1. The topological polar surface area (TPSA) is 55.1 Å². The van der Waals surface area contributed by atoms with Crippen molar-refractivity contribution in [2.45, 2.75) is 6.92 Å². The molecule has 0 aromatic rings. The van der Waals surface area contributed by atoms with E-state index in [0.29, 0.717) is 17.3 Å². The zero-order chi connectivity index (χ0) is 9.84. The maximum absolute atomic E-state index is 11.0. The summed E-state index contributed by atoms with van der Waals surface area (Å²) in [5, 5.41) is 3.58. The van der Waals surface area contributed by atoms with Gasteiger partial charge in [-0.05, 0) is 11.8 Å². The first kappa shape index (κ1) is 10.5. The first-order valence-corrected chi connectivity index (χ1v) is 5.28. The lowest BCUT2D eigenvalue weighted by Gasteiger charge is -2.16. The number of nitrogens with two attached hydrogens (primary N) is 1. The highest BCUT2D eigenvalue weighted by atomic mass is 35.5. The molecule has 0 atom stereocenters. The van der Waals surface area contributed by atoms with Gasteiger partial charge in [0, 0.05) is 9.94 Å². The molecule has 1 rings (SSSR count). The summed E-state index contributed by atoms with van der Waals surface area (Å²) < 4.78 is 0. The molecule has 0 radical (unpaired) electrons. The predicted molar refractivity (Wildman–Crippen MR) is 56.3 cm³/mol. The molecule has 1 heterocycles. The first-order valence-electron chi connectivity index (χ1n) is 3.92. The van der Waals surface area contributed by atoms with Gasteiger partial charge >= 0.3 is 0 Å². The van der Waals surface area contributed by atoms with Crippen LogP contribution in [0.3, 0.4) is 0 Å². The summed E-state index contributed by atoms with van der Waals surface area (Å²) in [6.07, 6.45) is 1.78. The van der Waals surface area contributed by atoms with Crippen molar-refractivity contribution < 1.29 is 4.79 Å². The molecule has 3 N–H and O–H groups in total. The number of carbonyl (C=O) groups is 1. The molecule has 0 unspecified atom stereocenters. The fourth-order valence-corrected chi connectivity index (χ4v) is 2.10. The van der Waals surface area contributed by atoms with E-state index in [1.807, 2.05) is 6.92 Å². The molecule has 0 spiro atoms. The highest BCUT2D eigenvalue weighted by Gasteiger charge is 2.15. The molecule has 1 aliphatic heterocycles. The molecule has 1 amide bonds. The highest BCUT2D eigenvalue weighted by molar-refractivity contribution is 8.03. The van der Waals surface area contributed by atoms with E-state index in [9.17, 15) is 4.79 Å². The lowest BCUT2D eigenvalue weighted by Crippen LogP contribution is -2.30. The Morgan fingerprint density at radius 3 is 3.08 bits per heavy atom. The maximum Gasteiger partial charge on any atom is 0.265 e. The zero-order valence-electron chi connectivity index (χ0n) is 7.26. The van der Waals surface area contributed by atoms with E-state index in [1.54, 1.807) is 17.8 Å². The highest BCUT2D eigenvalue weighted by Crippen LogP contribution is 2.25. The van der Waals surface area contributed by atoms with Crippen molar-refractivity contribution in [2.24, 2.45) is 5.73 Å². The van der Waals surface area contributed by atoms with Gasteiger partial charge in [0.05, 0.1) is 6.54 Å². The standard InChI is InChI=1S/C8H11ClN2OS/c1-2-13-6-3-5(9)4-11-7(6)8(10)12/h3,11H,2,4H2,1H3,(H2,10,12). The lowest BCUT2D eigenvalue weighted by atomic mass is 10.3. The number of halogens is 1. The number of nitrogens with one attached hydrogen (secondary N) is 1. The van der Waals surface area contributed by atoms with Crippen molar-refractivity contribution in [3.05, 3.63) is 21.7 Å². The Balaban J connectivity index is 2.94. The summed E-state index contributed by atoms with van der Waals surface area (Å²) in [7, 11) is 0. The Morgan fingerprint density at radius 2 is 2.54 bits per heavy atom. The van der Waals surface area contributed by atoms with Crippen molar-refractivity contribution in [2.75, 3.05) is 12.3 Å². The zero-order valence-corrected chi connectivity index (χ0v) is 8.84. The molecule has 0 fully saturated rings. The summed E-state index contributed by atoms with van der Waals surface area (Å²) in [5.74, 6) is 0.449. The Hall–Kier alpha value is -0.610. The predicted octanol–water partition coefficient (Wildman–Crippen LogP) is 1.16. The maximum atomic E-state index is 11.0. The second kappa shape index (κ2) is 4.58. The summed E-state index contributed by atoms with van der Waals surface area (Å²) in [5.41, 5.74) is 5.66. The third kappa shape index (κ3) is 2.67. The molecule has 0 saturated carbocycles. The minimum atomic E-state index is -0.434. The van der Waals surface area contributed by atoms with Gasteiger partial charge < -0.3 is 11.1 Å².